The van der Waals surface area contributed by atoms with Gasteiger partial charge in [0.15, 0.2) is 0 Å². The number of anilines is 2. The van der Waals surface area contributed by atoms with Crippen LogP contribution in [-0.2, 0) is 0 Å². The number of carboxylic acids is 1. The van der Waals surface area contributed by atoms with Crippen molar-refractivity contribution >= 4 is 40.5 Å². The van der Waals surface area contributed by atoms with E-state index in [0.29, 0.717) is 5.56 Å². The number of hydrogen-bond donors (Lipinski definition) is 2. The lowest BCUT2D eigenvalue weighted by Crippen LogP contribution is -2.04. The predicted molar refractivity (Wildman–Crippen MR) is 98.5 cm³/mol. The van der Waals surface area contributed by atoms with Gasteiger partial charge in [-0.2, -0.15) is 0 Å². The van der Waals surface area contributed by atoms with E-state index in [0.717, 1.165) is 17.7 Å². The lowest BCUT2D eigenvalue weighted by molar-refractivity contribution is 0.0697. The number of nitrogens with one attached hydrogen (secondary N) is 1. The molecule has 7 heteroatoms. The zero-order valence-corrected chi connectivity index (χ0v) is 14.6. The second kappa shape index (κ2) is 7.32. The zero-order valence-electron chi connectivity index (χ0n) is 13.1. The first-order chi connectivity index (χ1) is 12.3. The normalized spacial score (nSPS) is 10.6. The third-order valence-corrected chi connectivity index (χ3v) is 4.29. The average molecular weight is 394 g/mol. The van der Waals surface area contributed by atoms with Gasteiger partial charge >= 0.3 is 5.97 Å². The zero-order chi connectivity index (χ0) is 18.8. The molecule has 2 N–H and O–H groups in total. The lowest BCUT2D eigenvalue weighted by Gasteiger charge is -2.14. The third kappa shape index (κ3) is 3.79. The van der Waals surface area contributed by atoms with Crippen molar-refractivity contribution in [2.45, 2.75) is 0 Å². The van der Waals surface area contributed by atoms with Crippen LogP contribution in [0.1, 0.15) is 10.4 Å². The summed E-state index contributed by atoms with van der Waals surface area (Å²) in [5.74, 6) is -2.32. The summed E-state index contributed by atoms with van der Waals surface area (Å²) in [6.45, 7) is 0. The summed E-state index contributed by atoms with van der Waals surface area (Å²) in [4.78, 5) is 11.3. The van der Waals surface area contributed by atoms with E-state index in [9.17, 15) is 18.7 Å². The number of aromatic carboxylic acids is 1. The van der Waals surface area contributed by atoms with Crippen LogP contribution >= 0.6 is 23.2 Å². The molecule has 0 aliphatic heterocycles. The van der Waals surface area contributed by atoms with Gasteiger partial charge in [0, 0.05) is 0 Å². The molecule has 0 spiro atoms. The van der Waals surface area contributed by atoms with Crippen LogP contribution < -0.4 is 5.32 Å². The maximum atomic E-state index is 13.3. The highest BCUT2D eigenvalue weighted by molar-refractivity contribution is 6.39. The van der Waals surface area contributed by atoms with E-state index in [1.807, 2.05) is 0 Å². The molecule has 0 saturated carbocycles. The van der Waals surface area contributed by atoms with Crippen molar-refractivity contribution in [3.63, 3.8) is 0 Å². The Bertz CT molecular complexity index is 968. The summed E-state index contributed by atoms with van der Waals surface area (Å²) in [7, 11) is 0. The fourth-order valence-electron chi connectivity index (χ4n) is 2.44. The highest BCUT2D eigenvalue weighted by Crippen LogP contribution is 2.38. The van der Waals surface area contributed by atoms with Crippen LogP contribution in [-0.4, -0.2) is 11.1 Å². The van der Waals surface area contributed by atoms with Gasteiger partial charge in [-0.05, 0) is 53.6 Å². The van der Waals surface area contributed by atoms with Crippen molar-refractivity contribution in [1.82, 2.24) is 0 Å². The molecule has 3 rings (SSSR count). The molecule has 0 amide bonds. The number of carbonyl (C=O) groups is 1. The number of carboxylic acid groups (broad SMARTS) is 1. The molecule has 0 atom stereocenters. The first kappa shape index (κ1) is 18.2. The van der Waals surface area contributed by atoms with Crippen molar-refractivity contribution in [3.8, 4) is 11.1 Å². The van der Waals surface area contributed by atoms with E-state index in [1.54, 1.807) is 24.3 Å². The van der Waals surface area contributed by atoms with Crippen LogP contribution in [0.3, 0.4) is 0 Å². The molecule has 0 aliphatic carbocycles. The summed E-state index contributed by atoms with van der Waals surface area (Å²) in [5.41, 5.74) is 1.57. The molecular weight excluding hydrogens is 383 g/mol. The van der Waals surface area contributed by atoms with Crippen LogP contribution in [0.15, 0.2) is 54.6 Å². The molecule has 0 radical (unpaired) electrons. The smallest absolute Gasteiger partial charge is 0.337 e. The standard InChI is InChI=1S/C19H11Cl2F2NO2/c20-15-7-11(10-1-3-12(22)4-2-10)8-16(21)18(15)24-17-6-5-13(23)9-14(17)19(25)26/h1-9,24H,(H,25,26). The van der Waals surface area contributed by atoms with E-state index in [-0.39, 0.29) is 32.8 Å². The molecule has 3 aromatic carbocycles. The molecular formula is C19H11Cl2F2NO2. The SMILES string of the molecule is O=C(O)c1cc(F)ccc1Nc1c(Cl)cc(-c2ccc(F)cc2)cc1Cl. The van der Waals surface area contributed by atoms with Crippen LogP contribution in [0.4, 0.5) is 20.2 Å². The first-order valence-electron chi connectivity index (χ1n) is 7.40. The molecule has 0 aliphatic rings. The molecule has 0 bridgehead atoms. The van der Waals surface area contributed by atoms with Gasteiger partial charge in [-0.3, -0.25) is 0 Å². The first-order valence-corrected chi connectivity index (χ1v) is 8.15. The van der Waals surface area contributed by atoms with Gasteiger partial charge < -0.3 is 10.4 Å². The summed E-state index contributed by atoms with van der Waals surface area (Å²) < 4.78 is 26.4. The van der Waals surface area contributed by atoms with E-state index >= 15 is 0 Å². The largest absolute Gasteiger partial charge is 0.478 e. The third-order valence-electron chi connectivity index (χ3n) is 3.69. The molecule has 132 valence electrons. The van der Waals surface area contributed by atoms with Crippen LogP contribution in [0.5, 0.6) is 0 Å². The number of hydrogen-bond acceptors (Lipinski definition) is 2. The van der Waals surface area contributed by atoms with E-state index in [4.69, 9.17) is 23.2 Å². The Labute approximate surface area is 157 Å². The van der Waals surface area contributed by atoms with Crippen LogP contribution in [0, 0.1) is 11.6 Å². The van der Waals surface area contributed by atoms with E-state index < -0.39 is 11.8 Å². The summed E-state index contributed by atoms with van der Waals surface area (Å²) in [6.07, 6.45) is 0. The molecule has 0 unspecified atom stereocenters. The lowest BCUT2D eigenvalue weighted by atomic mass is 10.0. The Morgan fingerprint density at radius 2 is 1.42 bits per heavy atom. The van der Waals surface area contributed by atoms with Crippen molar-refractivity contribution in [1.29, 1.82) is 0 Å². The van der Waals surface area contributed by atoms with Crippen molar-refractivity contribution in [2.75, 3.05) is 5.32 Å². The Kier molecular flexibility index (Phi) is 5.11. The summed E-state index contributed by atoms with van der Waals surface area (Å²) in [5, 5.41) is 12.5. The quantitative estimate of drug-likeness (QED) is 0.540. The molecule has 0 aromatic heterocycles. The molecule has 0 heterocycles. The minimum atomic E-state index is -1.29. The van der Waals surface area contributed by atoms with E-state index in [2.05, 4.69) is 5.32 Å². The Balaban J connectivity index is 2.00. The number of benzene rings is 3. The highest BCUT2D eigenvalue weighted by Gasteiger charge is 2.15. The highest BCUT2D eigenvalue weighted by atomic mass is 35.5. The van der Waals surface area contributed by atoms with Crippen LogP contribution in [0.2, 0.25) is 10.0 Å². The molecule has 26 heavy (non-hydrogen) atoms. The minimum Gasteiger partial charge on any atom is -0.478 e. The van der Waals surface area contributed by atoms with Crippen molar-refractivity contribution in [2.24, 2.45) is 0 Å². The maximum Gasteiger partial charge on any atom is 0.337 e. The van der Waals surface area contributed by atoms with Gasteiger partial charge in [-0.25, -0.2) is 13.6 Å². The predicted octanol–water partition coefficient (Wildman–Crippen LogP) is 6.38. The second-order valence-electron chi connectivity index (χ2n) is 5.44. The van der Waals surface area contributed by atoms with E-state index in [1.165, 1.54) is 18.2 Å². The second-order valence-corrected chi connectivity index (χ2v) is 6.26. The topological polar surface area (TPSA) is 49.3 Å². The number of rotatable bonds is 4. The van der Waals surface area contributed by atoms with Crippen molar-refractivity contribution < 1.29 is 18.7 Å². The Hall–Kier alpha value is -2.63. The van der Waals surface area contributed by atoms with Gasteiger partial charge in [0.25, 0.3) is 0 Å². The fourth-order valence-corrected chi connectivity index (χ4v) is 3.02. The molecule has 0 saturated heterocycles. The van der Waals surface area contributed by atoms with Crippen LogP contribution in [0.25, 0.3) is 11.1 Å². The Morgan fingerprint density at radius 1 is 0.846 bits per heavy atom. The maximum absolute atomic E-state index is 13.3. The molecule has 3 aromatic rings. The molecule has 3 nitrogen and oxygen atoms in total. The van der Waals surface area contributed by atoms with Gasteiger partial charge in [0.05, 0.1) is 27.0 Å². The average Bonchev–Trinajstić information content (AvgIpc) is 2.59. The molecule has 0 fully saturated rings. The van der Waals surface area contributed by atoms with Gasteiger partial charge in [-0.1, -0.05) is 35.3 Å². The number of halogens is 4. The fraction of sp³-hybridized carbons (Fsp3) is 0. The Morgan fingerprint density at radius 3 is 2.00 bits per heavy atom. The minimum absolute atomic E-state index is 0.150. The van der Waals surface area contributed by atoms with Gasteiger partial charge in [-0.15, -0.1) is 0 Å². The monoisotopic (exact) mass is 393 g/mol. The van der Waals surface area contributed by atoms with Crippen molar-refractivity contribution in [3.05, 3.63) is 81.8 Å². The summed E-state index contributed by atoms with van der Waals surface area (Å²) >= 11 is 12.6. The summed E-state index contributed by atoms with van der Waals surface area (Å²) in [6, 6.07) is 12.4. The van der Waals surface area contributed by atoms with Gasteiger partial charge in [0.1, 0.15) is 11.6 Å². The van der Waals surface area contributed by atoms with Gasteiger partial charge in [0.2, 0.25) is 0 Å².